The Morgan fingerprint density at radius 3 is 2.65 bits per heavy atom. The second-order valence-corrected chi connectivity index (χ2v) is 7.03. The van der Waals surface area contributed by atoms with E-state index in [0.29, 0.717) is 5.75 Å². The molecule has 1 rings (SSSR count). The summed E-state index contributed by atoms with van der Waals surface area (Å²) in [5, 5.41) is 9.76. The van der Waals surface area contributed by atoms with E-state index in [1.165, 1.54) is 0 Å². The van der Waals surface area contributed by atoms with Gasteiger partial charge in [0.2, 0.25) is 0 Å². The average Bonchev–Trinajstić information content (AvgIpc) is 2.35. The Labute approximate surface area is 121 Å². The van der Waals surface area contributed by atoms with Crippen LogP contribution in [0.15, 0.2) is 30.4 Å². The largest absolute Gasteiger partial charge is 0.491 e. The van der Waals surface area contributed by atoms with Crippen LogP contribution in [-0.2, 0) is 9.84 Å². The molecule has 112 valence electrons. The van der Waals surface area contributed by atoms with Crippen LogP contribution < -0.4 is 4.74 Å². The highest BCUT2D eigenvalue weighted by atomic mass is 32.2. The van der Waals surface area contributed by atoms with Crippen molar-refractivity contribution < 1.29 is 18.3 Å². The smallest absolute Gasteiger partial charge is 0.156 e. The van der Waals surface area contributed by atoms with Crippen LogP contribution in [-0.4, -0.2) is 37.7 Å². The van der Waals surface area contributed by atoms with Crippen molar-refractivity contribution in [1.82, 2.24) is 0 Å². The zero-order valence-corrected chi connectivity index (χ0v) is 13.0. The van der Waals surface area contributed by atoms with Gasteiger partial charge in [0, 0.05) is 0 Å². The van der Waals surface area contributed by atoms with Crippen LogP contribution in [0, 0.1) is 13.8 Å². The van der Waals surface area contributed by atoms with Gasteiger partial charge in [0.05, 0.1) is 11.5 Å². The van der Waals surface area contributed by atoms with Crippen LogP contribution in [0.5, 0.6) is 5.75 Å². The number of aliphatic hydroxyl groups excluding tert-OH is 1. The summed E-state index contributed by atoms with van der Waals surface area (Å²) in [5.74, 6) is 0.326. The molecule has 0 aliphatic heterocycles. The van der Waals surface area contributed by atoms with Gasteiger partial charge in [0.25, 0.3) is 0 Å². The Morgan fingerprint density at radius 1 is 1.35 bits per heavy atom. The highest BCUT2D eigenvalue weighted by Crippen LogP contribution is 2.18. The number of ether oxygens (including phenoxy) is 1. The molecule has 0 heterocycles. The standard InChI is InChI=1S/C15H22O4S/c1-4-5-8-20(17,18)11-14(16)10-19-15-7-6-12(2)9-13(15)3/h4-7,9,14,16H,8,10-11H2,1-3H3. The van der Waals surface area contributed by atoms with Crippen LogP contribution in [0.4, 0.5) is 0 Å². The van der Waals surface area contributed by atoms with Gasteiger partial charge in [-0.25, -0.2) is 8.42 Å². The molecule has 0 bridgehead atoms. The fourth-order valence-corrected chi connectivity index (χ4v) is 3.10. The molecule has 1 N–H and O–H groups in total. The topological polar surface area (TPSA) is 63.6 Å². The number of aryl methyl sites for hydroxylation is 2. The van der Waals surface area contributed by atoms with Crippen molar-refractivity contribution in [3.63, 3.8) is 0 Å². The molecule has 0 radical (unpaired) electrons. The molecular formula is C15H22O4S. The molecule has 0 saturated carbocycles. The zero-order chi connectivity index (χ0) is 15.2. The number of hydrogen-bond donors (Lipinski definition) is 1. The Bertz CT molecular complexity index is 561. The Hall–Kier alpha value is -1.33. The normalized spacial score (nSPS) is 13.6. The van der Waals surface area contributed by atoms with Gasteiger partial charge in [-0.2, -0.15) is 0 Å². The van der Waals surface area contributed by atoms with E-state index in [4.69, 9.17) is 4.74 Å². The van der Waals surface area contributed by atoms with Crippen LogP contribution in [0.1, 0.15) is 18.1 Å². The molecule has 0 amide bonds. The SMILES string of the molecule is CC=CCS(=O)(=O)CC(O)COc1ccc(C)cc1C. The quantitative estimate of drug-likeness (QED) is 0.782. The first-order valence-electron chi connectivity index (χ1n) is 6.54. The molecular weight excluding hydrogens is 276 g/mol. The van der Waals surface area contributed by atoms with E-state index in [-0.39, 0.29) is 18.1 Å². The predicted octanol–water partition coefficient (Wildman–Crippen LogP) is 2.03. The third kappa shape index (κ3) is 5.75. The fourth-order valence-electron chi connectivity index (χ4n) is 1.80. The lowest BCUT2D eigenvalue weighted by molar-refractivity contribution is 0.124. The molecule has 1 atom stereocenters. The van der Waals surface area contributed by atoms with Crippen LogP contribution >= 0.6 is 0 Å². The molecule has 0 fully saturated rings. The number of aliphatic hydroxyl groups is 1. The maximum Gasteiger partial charge on any atom is 0.156 e. The minimum atomic E-state index is -3.28. The van der Waals surface area contributed by atoms with Crippen molar-refractivity contribution in [2.24, 2.45) is 0 Å². The number of benzene rings is 1. The highest BCUT2D eigenvalue weighted by molar-refractivity contribution is 7.91. The third-order valence-corrected chi connectivity index (χ3v) is 4.39. The predicted molar refractivity (Wildman–Crippen MR) is 80.9 cm³/mol. The number of allylic oxidation sites excluding steroid dienone is 1. The van der Waals surface area contributed by atoms with E-state index in [1.54, 1.807) is 19.1 Å². The summed E-state index contributed by atoms with van der Waals surface area (Å²) in [6, 6.07) is 5.72. The van der Waals surface area contributed by atoms with Crippen molar-refractivity contribution in [2.45, 2.75) is 26.9 Å². The number of rotatable bonds is 7. The molecule has 5 heteroatoms. The van der Waals surface area contributed by atoms with Crippen LogP contribution in [0.25, 0.3) is 0 Å². The van der Waals surface area contributed by atoms with Gasteiger partial charge in [-0.3, -0.25) is 0 Å². The van der Waals surface area contributed by atoms with E-state index in [2.05, 4.69) is 0 Å². The molecule has 4 nitrogen and oxygen atoms in total. The molecule has 20 heavy (non-hydrogen) atoms. The lowest BCUT2D eigenvalue weighted by atomic mass is 10.1. The zero-order valence-electron chi connectivity index (χ0n) is 12.2. The van der Waals surface area contributed by atoms with Crippen LogP contribution in [0.2, 0.25) is 0 Å². The van der Waals surface area contributed by atoms with Crippen molar-refractivity contribution in [1.29, 1.82) is 0 Å². The maximum atomic E-state index is 11.7. The van der Waals surface area contributed by atoms with Crippen molar-refractivity contribution in [2.75, 3.05) is 18.1 Å². The third-order valence-electron chi connectivity index (χ3n) is 2.79. The monoisotopic (exact) mass is 298 g/mol. The summed E-state index contributed by atoms with van der Waals surface area (Å²) in [6.07, 6.45) is 2.22. The number of sulfone groups is 1. The molecule has 1 aromatic carbocycles. The summed E-state index contributed by atoms with van der Waals surface area (Å²) in [6.45, 7) is 5.63. The Kier molecular flexibility index (Phi) is 6.23. The second kappa shape index (κ2) is 7.45. The van der Waals surface area contributed by atoms with Gasteiger partial charge in [-0.15, -0.1) is 0 Å². The lowest BCUT2D eigenvalue weighted by Gasteiger charge is -2.14. The van der Waals surface area contributed by atoms with Gasteiger partial charge in [-0.05, 0) is 32.4 Å². The lowest BCUT2D eigenvalue weighted by Crippen LogP contribution is -2.28. The summed E-state index contributed by atoms with van der Waals surface area (Å²) < 4.78 is 28.8. The molecule has 1 aromatic rings. The molecule has 1 unspecified atom stereocenters. The van der Waals surface area contributed by atoms with E-state index >= 15 is 0 Å². The first-order chi connectivity index (χ1) is 9.34. The minimum Gasteiger partial charge on any atom is -0.491 e. The van der Waals surface area contributed by atoms with Gasteiger partial charge >= 0.3 is 0 Å². The maximum absolute atomic E-state index is 11.7. The summed E-state index contributed by atoms with van der Waals surface area (Å²) in [4.78, 5) is 0. The highest BCUT2D eigenvalue weighted by Gasteiger charge is 2.16. The first kappa shape index (κ1) is 16.7. The van der Waals surface area contributed by atoms with Crippen molar-refractivity contribution in [3.8, 4) is 5.75 Å². The summed E-state index contributed by atoms with van der Waals surface area (Å²) in [5.41, 5.74) is 2.10. The van der Waals surface area contributed by atoms with E-state index in [9.17, 15) is 13.5 Å². The second-order valence-electron chi connectivity index (χ2n) is 4.88. The van der Waals surface area contributed by atoms with E-state index < -0.39 is 15.9 Å². The van der Waals surface area contributed by atoms with E-state index in [0.717, 1.165) is 11.1 Å². The molecule has 0 aliphatic rings. The average molecular weight is 298 g/mol. The molecule has 0 aliphatic carbocycles. The van der Waals surface area contributed by atoms with Crippen LogP contribution in [0.3, 0.4) is 0 Å². The van der Waals surface area contributed by atoms with Gasteiger partial charge in [-0.1, -0.05) is 29.8 Å². The van der Waals surface area contributed by atoms with Crippen molar-refractivity contribution in [3.05, 3.63) is 41.5 Å². The first-order valence-corrected chi connectivity index (χ1v) is 8.36. The summed E-state index contributed by atoms with van der Waals surface area (Å²) in [7, 11) is -3.28. The fraction of sp³-hybridized carbons (Fsp3) is 0.467. The van der Waals surface area contributed by atoms with Gasteiger partial charge in [0.1, 0.15) is 18.5 Å². The minimum absolute atomic E-state index is 0.0288. The van der Waals surface area contributed by atoms with Gasteiger partial charge in [0.15, 0.2) is 9.84 Å². The Morgan fingerprint density at radius 2 is 2.05 bits per heavy atom. The molecule has 0 saturated heterocycles. The Balaban J connectivity index is 2.53. The molecule has 0 spiro atoms. The summed E-state index contributed by atoms with van der Waals surface area (Å²) >= 11 is 0. The molecule has 0 aromatic heterocycles. The van der Waals surface area contributed by atoms with Gasteiger partial charge < -0.3 is 9.84 Å². The number of hydrogen-bond acceptors (Lipinski definition) is 4. The van der Waals surface area contributed by atoms with E-state index in [1.807, 2.05) is 32.0 Å². The van der Waals surface area contributed by atoms with Crippen molar-refractivity contribution >= 4 is 9.84 Å².